The number of aromatic amines is 1. The summed E-state index contributed by atoms with van der Waals surface area (Å²) >= 11 is 3.12. The number of hydrogen-bond donors (Lipinski definition) is 1. The topological polar surface area (TPSA) is 65.1 Å². The Morgan fingerprint density at radius 2 is 2.19 bits per heavy atom. The first-order valence-corrected chi connectivity index (χ1v) is 10.9. The van der Waals surface area contributed by atoms with Gasteiger partial charge in [-0.05, 0) is 30.2 Å². The van der Waals surface area contributed by atoms with Gasteiger partial charge in [-0.2, -0.15) is 0 Å². The molecule has 3 aliphatic rings. The molecule has 2 atom stereocenters. The molecule has 26 heavy (non-hydrogen) atoms. The van der Waals surface area contributed by atoms with Crippen LogP contribution in [0, 0.1) is 5.92 Å². The zero-order valence-electron chi connectivity index (χ0n) is 14.4. The summed E-state index contributed by atoms with van der Waals surface area (Å²) in [5, 5.41) is 4.08. The summed E-state index contributed by atoms with van der Waals surface area (Å²) in [5.41, 5.74) is 3.90. The van der Waals surface area contributed by atoms with Gasteiger partial charge in [0.25, 0.3) is 5.56 Å². The fraction of sp³-hybridized carbons (Fsp3) is 0.500. The summed E-state index contributed by atoms with van der Waals surface area (Å²) in [6, 6.07) is 2.46. The van der Waals surface area contributed by atoms with Gasteiger partial charge in [0.05, 0.1) is 23.3 Å². The van der Waals surface area contributed by atoms with Gasteiger partial charge in [-0.3, -0.25) is 14.6 Å². The largest absolute Gasteiger partial charge is 0.308 e. The number of thiophene rings is 1. The van der Waals surface area contributed by atoms with Gasteiger partial charge in [0.1, 0.15) is 10.5 Å². The first-order valence-electron chi connectivity index (χ1n) is 9.04. The molecule has 3 aliphatic heterocycles. The van der Waals surface area contributed by atoms with Gasteiger partial charge in [0.15, 0.2) is 0 Å². The van der Waals surface area contributed by atoms with Crippen molar-refractivity contribution in [2.45, 2.75) is 32.0 Å². The highest BCUT2D eigenvalue weighted by Crippen LogP contribution is 2.29. The Balaban J connectivity index is 1.34. The fourth-order valence-electron chi connectivity index (χ4n) is 4.33. The van der Waals surface area contributed by atoms with Gasteiger partial charge in [0.2, 0.25) is 0 Å². The predicted molar refractivity (Wildman–Crippen MR) is 105 cm³/mol. The summed E-state index contributed by atoms with van der Waals surface area (Å²) in [7, 11) is 0. The molecule has 0 spiro atoms. The second-order valence-electron chi connectivity index (χ2n) is 7.35. The number of H-pyrrole nitrogens is 1. The van der Waals surface area contributed by atoms with E-state index in [1.165, 1.54) is 29.9 Å². The van der Waals surface area contributed by atoms with Crippen LogP contribution in [-0.2, 0) is 13.1 Å². The number of fused-ring (bicyclic) bond motifs is 5. The molecule has 3 fully saturated rings. The number of aromatic nitrogens is 3. The van der Waals surface area contributed by atoms with Crippen LogP contribution in [0.1, 0.15) is 24.4 Å². The van der Waals surface area contributed by atoms with Crippen LogP contribution in [-0.4, -0.2) is 50.4 Å². The van der Waals surface area contributed by atoms with Crippen LogP contribution < -0.4 is 5.56 Å². The normalized spacial score (nSPS) is 24.3. The summed E-state index contributed by atoms with van der Waals surface area (Å²) in [6.07, 6.45) is 2.52. The highest BCUT2D eigenvalue weighted by atomic mass is 32.1. The van der Waals surface area contributed by atoms with Gasteiger partial charge in [-0.1, -0.05) is 0 Å². The van der Waals surface area contributed by atoms with Crippen molar-refractivity contribution in [3.63, 3.8) is 0 Å². The lowest BCUT2D eigenvalue weighted by molar-refractivity contribution is 0.120. The number of piperidine rings is 1. The smallest absolute Gasteiger partial charge is 0.268 e. The van der Waals surface area contributed by atoms with Crippen LogP contribution in [0.15, 0.2) is 27.1 Å². The Kier molecular flexibility index (Phi) is 4.36. The maximum atomic E-state index is 12.2. The Hall–Kier alpha value is -1.61. The fourth-order valence-corrected chi connectivity index (χ4v) is 5.61. The minimum Gasteiger partial charge on any atom is -0.308 e. The lowest BCUT2D eigenvalue weighted by atomic mass is 9.95. The summed E-state index contributed by atoms with van der Waals surface area (Å²) in [4.78, 5) is 29.4. The molecule has 136 valence electrons. The van der Waals surface area contributed by atoms with E-state index in [1.807, 2.05) is 17.0 Å². The van der Waals surface area contributed by atoms with Gasteiger partial charge in [-0.25, -0.2) is 9.97 Å². The highest BCUT2D eigenvalue weighted by Gasteiger charge is 2.35. The molecule has 3 saturated heterocycles. The first kappa shape index (κ1) is 16.6. The zero-order chi connectivity index (χ0) is 17.5. The van der Waals surface area contributed by atoms with Crippen LogP contribution in [0.25, 0.3) is 10.2 Å². The number of nitrogens with zero attached hydrogens (tertiary/aromatic N) is 4. The third kappa shape index (κ3) is 3.22. The van der Waals surface area contributed by atoms with E-state index in [0.717, 1.165) is 48.8 Å². The third-order valence-corrected chi connectivity index (χ3v) is 7.03. The molecule has 0 unspecified atom stereocenters. The molecule has 1 N–H and O–H groups in total. The van der Waals surface area contributed by atoms with Crippen molar-refractivity contribution < 1.29 is 0 Å². The molecule has 0 saturated carbocycles. The van der Waals surface area contributed by atoms with Crippen molar-refractivity contribution in [2.24, 2.45) is 5.92 Å². The molecule has 6 heterocycles. The van der Waals surface area contributed by atoms with Gasteiger partial charge in [0, 0.05) is 37.6 Å². The van der Waals surface area contributed by atoms with Gasteiger partial charge < -0.3 is 4.98 Å². The molecule has 0 radical (unpaired) electrons. The number of rotatable bonds is 4. The molecule has 6 nitrogen and oxygen atoms in total. The zero-order valence-corrected chi connectivity index (χ0v) is 16.1. The van der Waals surface area contributed by atoms with E-state index in [2.05, 4.69) is 30.1 Å². The summed E-state index contributed by atoms with van der Waals surface area (Å²) in [6.45, 7) is 4.97. The van der Waals surface area contributed by atoms with Crippen molar-refractivity contribution in [1.29, 1.82) is 0 Å². The molecule has 3 aromatic heterocycles. The molecular formula is C18H21N5OS2. The SMILES string of the molecule is O=c1[nH]c(CN2C[C@H]3CC[C@@H]2CN(Cc2cscn2)C3)nc2ccsc12. The Labute approximate surface area is 159 Å². The van der Waals surface area contributed by atoms with E-state index < -0.39 is 0 Å². The van der Waals surface area contributed by atoms with Crippen molar-refractivity contribution in [2.75, 3.05) is 19.6 Å². The molecule has 0 aliphatic carbocycles. The van der Waals surface area contributed by atoms with Crippen molar-refractivity contribution in [3.05, 3.63) is 44.2 Å². The minimum atomic E-state index is -0.00913. The average molecular weight is 388 g/mol. The van der Waals surface area contributed by atoms with E-state index in [9.17, 15) is 4.79 Å². The van der Waals surface area contributed by atoms with Crippen LogP contribution in [0.4, 0.5) is 0 Å². The van der Waals surface area contributed by atoms with Crippen molar-refractivity contribution >= 4 is 32.9 Å². The van der Waals surface area contributed by atoms with E-state index in [0.29, 0.717) is 12.0 Å². The first-order chi connectivity index (χ1) is 12.7. The number of nitrogens with one attached hydrogen (secondary N) is 1. The lowest BCUT2D eigenvalue weighted by Crippen LogP contribution is -2.43. The standard InChI is InChI=1S/C18H21N5OS2/c24-18-17-15(3-4-26-17)20-16(21-18)9-23-6-12-1-2-14(23)8-22(5-12)7-13-10-25-11-19-13/h3-4,10-12,14H,1-2,5-9H2,(H,20,21,24)/t12-,14+/m0/s1. The Morgan fingerprint density at radius 1 is 1.23 bits per heavy atom. The Morgan fingerprint density at radius 3 is 3.08 bits per heavy atom. The van der Waals surface area contributed by atoms with E-state index in [1.54, 1.807) is 11.3 Å². The maximum absolute atomic E-state index is 12.2. The summed E-state index contributed by atoms with van der Waals surface area (Å²) < 4.78 is 0.723. The van der Waals surface area contributed by atoms with E-state index >= 15 is 0 Å². The average Bonchev–Trinajstić information content (AvgIpc) is 3.22. The number of thiazole rings is 1. The van der Waals surface area contributed by atoms with Crippen LogP contribution in [0.3, 0.4) is 0 Å². The molecule has 6 rings (SSSR count). The third-order valence-electron chi connectivity index (χ3n) is 5.49. The molecule has 3 aromatic rings. The molecule has 0 amide bonds. The van der Waals surface area contributed by atoms with Crippen molar-refractivity contribution in [1.82, 2.24) is 24.8 Å². The molecule has 2 bridgehead atoms. The van der Waals surface area contributed by atoms with Gasteiger partial charge >= 0.3 is 0 Å². The second-order valence-corrected chi connectivity index (χ2v) is 8.98. The van der Waals surface area contributed by atoms with Gasteiger partial charge in [-0.15, -0.1) is 22.7 Å². The van der Waals surface area contributed by atoms with Crippen LogP contribution in [0.5, 0.6) is 0 Å². The van der Waals surface area contributed by atoms with Crippen LogP contribution in [0.2, 0.25) is 0 Å². The molecule has 8 heteroatoms. The Bertz CT molecular complexity index is 950. The monoisotopic (exact) mass is 387 g/mol. The van der Waals surface area contributed by atoms with Crippen molar-refractivity contribution in [3.8, 4) is 0 Å². The lowest BCUT2D eigenvalue weighted by Gasteiger charge is -2.35. The minimum absolute atomic E-state index is 0.00913. The van der Waals surface area contributed by atoms with E-state index in [-0.39, 0.29) is 5.56 Å². The molecular weight excluding hydrogens is 366 g/mol. The maximum Gasteiger partial charge on any atom is 0.268 e. The molecule has 0 aromatic carbocycles. The van der Waals surface area contributed by atoms with E-state index in [4.69, 9.17) is 0 Å². The quantitative estimate of drug-likeness (QED) is 0.745. The predicted octanol–water partition coefficient (Wildman–Crippen LogP) is 2.54. The van der Waals surface area contributed by atoms with Crippen LogP contribution >= 0.6 is 22.7 Å². The number of hydrogen-bond acceptors (Lipinski definition) is 7. The highest BCUT2D eigenvalue weighted by molar-refractivity contribution is 7.17. The second kappa shape index (κ2) is 6.84. The summed E-state index contributed by atoms with van der Waals surface area (Å²) in [5.74, 6) is 1.48.